The number of hydrogen-bond donors (Lipinski definition) is 3. The minimum absolute atomic E-state index is 0.0259. The lowest BCUT2D eigenvalue weighted by Gasteiger charge is -2.11. The number of esters is 1. The van der Waals surface area contributed by atoms with Crippen molar-refractivity contribution >= 4 is 50.6 Å². The van der Waals surface area contributed by atoms with Crippen LogP contribution in [0.1, 0.15) is 19.8 Å². The van der Waals surface area contributed by atoms with Crippen LogP contribution < -0.4 is 20.1 Å². The Labute approximate surface area is 186 Å². The van der Waals surface area contributed by atoms with Crippen molar-refractivity contribution in [3.63, 3.8) is 0 Å². The Hall–Kier alpha value is -3.18. The molecule has 1 amide bonds. The lowest BCUT2D eigenvalue weighted by Crippen LogP contribution is -2.34. The summed E-state index contributed by atoms with van der Waals surface area (Å²) >= 11 is 5.04. The van der Waals surface area contributed by atoms with Crippen LogP contribution in [0.5, 0.6) is 5.75 Å². The lowest BCUT2D eigenvalue weighted by molar-refractivity contribution is -0.142. The molecule has 0 saturated carbocycles. The number of methoxy groups -OCH3 is 1. The van der Waals surface area contributed by atoms with Gasteiger partial charge in [-0.2, -0.15) is 0 Å². The molecule has 31 heavy (non-hydrogen) atoms. The quantitative estimate of drug-likeness (QED) is 0.382. The summed E-state index contributed by atoms with van der Waals surface area (Å²) in [7, 11) is -2.55. The average molecular weight is 466 g/mol. The lowest BCUT2D eigenvalue weighted by atomic mass is 10.3. The summed E-state index contributed by atoms with van der Waals surface area (Å²) in [5, 5.41) is 5.23. The Kier molecular flexibility index (Phi) is 8.76. The van der Waals surface area contributed by atoms with Crippen molar-refractivity contribution in [1.29, 1.82) is 0 Å². The number of hydrogen-bond acceptors (Lipinski definition) is 7. The predicted octanol–water partition coefficient (Wildman–Crippen LogP) is 2.65. The maximum absolute atomic E-state index is 12.6. The molecule has 0 spiro atoms. The van der Waals surface area contributed by atoms with Crippen LogP contribution in [0.4, 0.5) is 11.4 Å². The maximum atomic E-state index is 12.6. The van der Waals surface area contributed by atoms with Gasteiger partial charge in [-0.25, -0.2) is 8.42 Å². The molecule has 0 fully saturated rings. The summed E-state index contributed by atoms with van der Waals surface area (Å²) in [5.41, 5.74) is 0.889. The first kappa shape index (κ1) is 24.1. The van der Waals surface area contributed by atoms with Gasteiger partial charge in [0.1, 0.15) is 5.75 Å². The molecule has 2 rings (SSSR count). The van der Waals surface area contributed by atoms with Crippen LogP contribution in [0.25, 0.3) is 0 Å². The van der Waals surface area contributed by atoms with Crippen LogP contribution in [0.2, 0.25) is 0 Å². The normalized spacial score (nSPS) is 10.6. The molecule has 0 radical (unpaired) electrons. The molecule has 9 nitrogen and oxygen atoms in total. The zero-order chi connectivity index (χ0) is 22.9. The van der Waals surface area contributed by atoms with Crippen LogP contribution in [0.15, 0.2) is 53.4 Å². The van der Waals surface area contributed by atoms with E-state index in [4.69, 9.17) is 17.0 Å². The highest BCUT2D eigenvalue weighted by Gasteiger charge is 2.15. The van der Waals surface area contributed by atoms with Gasteiger partial charge >= 0.3 is 5.97 Å². The van der Waals surface area contributed by atoms with E-state index >= 15 is 0 Å². The van der Waals surface area contributed by atoms with Crippen molar-refractivity contribution in [2.45, 2.75) is 24.7 Å². The van der Waals surface area contributed by atoms with E-state index in [2.05, 4.69) is 20.1 Å². The molecule has 11 heteroatoms. The smallest absolute Gasteiger partial charge is 0.306 e. The number of thiocarbonyl (C=S) groups is 1. The van der Waals surface area contributed by atoms with E-state index in [1.807, 2.05) is 6.92 Å². The number of anilines is 2. The van der Waals surface area contributed by atoms with Crippen LogP contribution in [0.3, 0.4) is 0 Å². The molecular formula is C20H23N3O6S2. The van der Waals surface area contributed by atoms with E-state index in [9.17, 15) is 18.0 Å². The van der Waals surface area contributed by atoms with Crippen molar-refractivity contribution in [2.24, 2.45) is 0 Å². The number of benzene rings is 2. The Morgan fingerprint density at radius 3 is 2.16 bits per heavy atom. The number of carbonyl (C=O) groups is 2. The monoisotopic (exact) mass is 465 g/mol. The second-order valence-electron chi connectivity index (χ2n) is 6.17. The number of carbonyl (C=O) groups excluding carboxylic acids is 2. The van der Waals surface area contributed by atoms with E-state index in [0.29, 0.717) is 23.7 Å². The first-order valence-electron chi connectivity index (χ1n) is 9.27. The van der Waals surface area contributed by atoms with E-state index in [1.54, 1.807) is 24.3 Å². The summed E-state index contributed by atoms with van der Waals surface area (Å²) in [5.74, 6) is -0.291. The van der Waals surface area contributed by atoms with E-state index in [1.165, 1.54) is 31.4 Å². The van der Waals surface area contributed by atoms with Crippen molar-refractivity contribution in [2.75, 3.05) is 23.8 Å². The summed E-state index contributed by atoms with van der Waals surface area (Å²) in [4.78, 5) is 22.8. The van der Waals surface area contributed by atoms with Gasteiger partial charge in [0.05, 0.1) is 25.0 Å². The summed E-state index contributed by atoms with van der Waals surface area (Å²) in [6, 6.07) is 12.4. The van der Waals surface area contributed by atoms with Gasteiger partial charge in [-0.05, 0) is 67.7 Å². The van der Waals surface area contributed by atoms with Crippen molar-refractivity contribution in [3.05, 3.63) is 48.5 Å². The molecular weight excluding hydrogens is 442 g/mol. The third-order valence-electron chi connectivity index (χ3n) is 3.88. The molecule has 0 aromatic heterocycles. The second-order valence-corrected chi connectivity index (χ2v) is 8.26. The summed E-state index contributed by atoms with van der Waals surface area (Å²) in [6.45, 7) is 2.38. The molecule has 0 heterocycles. The predicted molar refractivity (Wildman–Crippen MR) is 120 cm³/mol. The fourth-order valence-electron chi connectivity index (χ4n) is 2.39. The Bertz CT molecular complexity index is 1020. The highest BCUT2D eigenvalue weighted by atomic mass is 32.2. The number of nitrogens with one attached hydrogen (secondary N) is 3. The van der Waals surface area contributed by atoms with Gasteiger partial charge in [0, 0.05) is 17.8 Å². The highest BCUT2D eigenvalue weighted by molar-refractivity contribution is 7.92. The largest absolute Gasteiger partial charge is 0.494 e. The van der Waals surface area contributed by atoms with Crippen molar-refractivity contribution in [1.82, 2.24) is 5.32 Å². The number of amides is 1. The molecule has 0 bridgehead atoms. The Morgan fingerprint density at radius 1 is 0.968 bits per heavy atom. The number of ether oxygens (including phenoxy) is 2. The maximum Gasteiger partial charge on any atom is 0.306 e. The average Bonchev–Trinajstić information content (AvgIpc) is 2.73. The SMILES string of the molecule is CCOc1ccc(NS(=O)(=O)c2ccc(NC(=S)NC(=O)CCC(=O)OC)cc2)cc1. The Morgan fingerprint density at radius 2 is 1.58 bits per heavy atom. The van der Waals surface area contributed by atoms with Crippen LogP contribution in [0, 0.1) is 0 Å². The first-order valence-corrected chi connectivity index (χ1v) is 11.2. The van der Waals surface area contributed by atoms with Gasteiger partial charge in [0.2, 0.25) is 5.91 Å². The second kappa shape index (κ2) is 11.3. The molecule has 2 aromatic rings. The summed E-state index contributed by atoms with van der Waals surface area (Å²) < 4.78 is 37.4. The molecule has 0 aliphatic rings. The van der Waals surface area contributed by atoms with Gasteiger partial charge in [-0.3, -0.25) is 14.3 Å². The van der Waals surface area contributed by atoms with Crippen LogP contribution in [-0.2, 0) is 24.3 Å². The molecule has 0 aliphatic carbocycles. The summed E-state index contributed by atoms with van der Waals surface area (Å²) in [6.07, 6.45) is -0.123. The highest BCUT2D eigenvalue weighted by Crippen LogP contribution is 2.20. The third-order valence-corrected chi connectivity index (χ3v) is 5.48. The zero-order valence-electron chi connectivity index (χ0n) is 17.0. The van der Waals surface area contributed by atoms with Crippen molar-refractivity contribution in [3.8, 4) is 5.75 Å². The topological polar surface area (TPSA) is 123 Å². The standard InChI is InChI=1S/C20H23N3O6S2/c1-3-29-16-8-4-15(5-9-16)23-31(26,27)17-10-6-14(7-11-17)21-20(30)22-18(24)12-13-19(25)28-2/h4-11,23H,3,12-13H2,1-2H3,(H2,21,22,24,30). The van der Waals surface area contributed by atoms with Crippen LogP contribution in [-0.4, -0.2) is 39.1 Å². The van der Waals surface area contributed by atoms with E-state index in [0.717, 1.165) is 0 Å². The first-order chi connectivity index (χ1) is 14.7. The number of rotatable bonds is 9. The van der Waals surface area contributed by atoms with Gasteiger partial charge < -0.3 is 20.1 Å². The van der Waals surface area contributed by atoms with E-state index < -0.39 is 21.9 Å². The molecule has 0 unspecified atom stereocenters. The van der Waals surface area contributed by atoms with Gasteiger partial charge in [0.15, 0.2) is 5.11 Å². The molecule has 0 saturated heterocycles. The van der Waals surface area contributed by atoms with Gasteiger partial charge in [0.25, 0.3) is 10.0 Å². The minimum Gasteiger partial charge on any atom is -0.494 e. The fourth-order valence-corrected chi connectivity index (χ4v) is 3.68. The zero-order valence-corrected chi connectivity index (χ0v) is 18.6. The third kappa shape index (κ3) is 7.87. The van der Waals surface area contributed by atoms with Crippen molar-refractivity contribution < 1.29 is 27.5 Å². The Balaban J connectivity index is 1.93. The molecule has 3 N–H and O–H groups in total. The minimum atomic E-state index is -3.79. The molecule has 2 aromatic carbocycles. The van der Waals surface area contributed by atoms with Crippen LogP contribution >= 0.6 is 12.2 Å². The molecule has 0 aliphatic heterocycles. The number of sulfonamides is 1. The fraction of sp³-hybridized carbons (Fsp3) is 0.250. The molecule has 166 valence electrons. The van der Waals surface area contributed by atoms with E-state index in [-0.39, 0.29) is 22.8 Å². The van der Waals surface area contributed by atoms with Gasteiger partial charge in [-0.15, -0.1) is 0 Å². The van der Waals surface area contributed by atoms with Gasteiger partial charge in [-0.1, -0.05) is 0 Å². The molecule has 0 atom stereocenters.